The van der Waals surface area contributed by atoms with Gasteiger partial charge in [0.15, 0.2) is 0 Å². The van der Waals surface area contributed by atoms with E-state index in [-0.39, 0.29) is 0 Å². The van der Waals surface area contributed by atoms with E-state index >= 15 is 0 Å². The molecule has 0 atom stereocenters. The number of hydrogen-bond acceptors (Lipinski definition) is 3. The third-order valence-electron chi connectivity index (χ3n) is 2.45. The molecule has 0 saturated carbocycles. The molecule has 0 saturated heterocycles. The van der Waals surface area contributed by atoms with Crippen molar-refractivity contribution in [2.24, 2.45) is 0 Å². The number of nitrogens with one attached hydrogen (secondary N) is 1. The molecule has 0 aliphatic rings. The summed E-state index contributed by atoms with van der Waals surface area (Å²) in [7, 11) is 1.91. The van der Waals surface area contributed by atoms with E-state index in [0.29, 0.717) is 0 Å². The quantitative estimate of drug-likeness (QED) is 0.821. The largest absolute Gasteiger partial charge is 0.457 e. The lowest BCUT2D eigenvalue weighted by Crippen LogP contribution is -2.06. The molecule has 0 bridgehead atoms. The van der Waals surface area contributed by atoms with Gasteiger partial charge in [-0.1, -0.05) is 15.9 Å². The minimum Gasteiger partial charge on any atom is -0.457 e. The maximum atomic E-state index is 5.88. The molecule has 0 aliphatic carbocycles. The van der Waals surface area contributed by atoms with Crippen LogP contribution in [-0.2, 0) is 6.54 Å². The summed E-state index contributed by atoms with van der Waals surface area (Å²) in [6.45, 7) is 0.750. The van der Waals surface area contributed by atoms with Crippen LogP contribution in [0.15, 0.2) is 51.8 Å². The highest BCUT2D eigenvalue weighted by atomic mass is 79.9. The summed E-state index contributed by atoms with van der Waals surface area (Å²) in [6.07, 6.45) is 0. The average molecular weight is 324 g/mol. The van der Waals surface area contributed by atoms with E-state index in [1.807, 2.05) is 49.5 Å². The molecule has 0 spiro atoms. The first-order valence-corrected chi connectivity index (χ1v) is 6.83. The van der Waals surface area contributed by atoms with E-state index in [0.717, 1.165) is 33.0 Å². The van der Waals surface area contributed by atoms with E-state index in [2.05, 4.69) is 33.9 Å². The Bertz CT molecular complexity index is 528. The first-order chi connectivity index (χ1) is 8.69. The molecular formula is C14H14BrNOS. The van der Waals surface area contributed by atoms with Crippen LogP contribution < -0.4 is 10.1 Å². The number of thiol groups is 1. The predicted octanol–water partition coefficient (Wildman–Crippen LogP) is 4.25. The van der Waals surface area contributed by atoms with E-state index in [4.69, 9.17) is 4.74 Å². The van der Waals surface area contributed by atoms with Crippen molar-refractivity contribution in [3.63, 3.8) is 0 Å². The standard InChI is InChI=1S/C14H14BrNOS/c1-16-9-10-8-13(18)6-7-14(10)17-12-4-2-11(15)3-5-12/h2-8,16,18H,9H2,1H3. The lowest BCUT2D eigenvalue weighted by molar-refractivity contribution is 0.473. The number of ether oxygens (including phenoxy) is 1. The van der Waals surface area contributed by atoms with Crippen LogP contribution in [-0.4, -0.2) is 7.05 Å². The second-order valence-corrected chi connectivity index (χ2v) is 5.31. The molecule has 0 amide bonds. The highest BCUT2D eigenvalue weighted by Gasteiger charge is 2.05. The molecule has 0 heterocycles. The van der Waals surface area contributed by atoms with Crippen molar-refractivity contribution in [1.29, 1.82) is 0 Å². The van der Waals surface area contributed by atoms with Gasteiger partial charge in [0.05, 0.1) is 0 Å². The van der Waals surface area contributed by atoms with Crippen LogP contribution in [0.2, 0.25) is 0 Å². The first-order valence-electron chi connectivity index (χ1n) is 5.59. The molecule has 2 nitrogen and oxygen atoms in total. The minimum atomic E-state index is 0.750. The van der Waals surface area contributed by atoms with Crippen molar-refractivity contribution >= 4 is 28.6 Å². The fourth-order valence-electron chi connectivity index (χ4n) is 1.62. The van der Waals surface area contributed by atoms with Gasteiger partial charge in [0, 0.05) is 21.5 Å². The fourth-order valence-corrected chi connectivity index (χ4v) is 2.12. The van der Waals surface area contributed by atoms with E-state index in [1.54, 1.807) is 0 Å². The van der Waals surface area contributed by atoms with Crippen molar-refractivity contribution in [2.75, 3.05) is 7.05 Å². The molecule has 94 valence electrons. The maximum Gasteiger partial charge on any atom is 0.131 e. The van der Waals surface area contributed by atoms with Crippen LogP contribution >= 0.6 is 28.6 Å². The summed E-state index contributed by atoms with van der Waals surface area (Å²) in [4.78, 5) is 0.934. The van der Waals surface area contributed by atoms with E-state index < -0.39 is 0 Å². The molecule has 2 rings (SSSR count). The number of hydrogen-bond donors (Lipinski definition) is 2. The van der Waals surface area contributed by atoms with Gasteiger partial charge in [0.1, 0.15) is 11.5 Å². The van der Waals surface area contributed by atoms with Gasteiger partial charge in [0.25, 0.3) is 0 Å². The van der Waals surface area contributed by atoms with Crippen LogP contribution in [0.5, 0.6) is 11.5 Å². The second kappa shape index (κ2) is 6.27. The number of benzene rings is 2. The monoisotopic (exact) mass is 323 g/mol. The van der Waals surface area contributed by atoms with E-state index in [1.165, 1.54) is 0 Å². The molecular weight excluding hydrogens is 310 g/mol. The van der Waals surface area contributed by atoms with Gasteiger partial charge in [-0.25, -0.2) is 0 Å². The molecule has 0 aromatic heterocycles. The molecule has 1 N–H and O–H groups in total. The van der Waals surface area contributed by atoms with Crippen LogP contribution in [0, 0.1) is 0 Å². The zero-order chi connectivity index (χ0) is 13.0. The van der Waals surface area contributed by atoms with Gasteiger partial charge >= 0.3 is 0 Å². The Morgan fingerprint density at radius 2 is 1.89 bits per heavy atom. The Balaban J connectivity index is 2.25. The summed E-state index contributed by atoms with van der Waals surface area (Å²) in [5, 5.41) is 3.13. The molecule has 2 aromatic carbocycles. The summed E-state index contributed by atoms with van der Waals surface area (Å²) in [5.41, 5.74) is 1.09. The Hall–Kier alpha value is -0.970. The highest BCUT2D eigenvalue weighted by Crippen LogP contribution is 2.28. The molecule has 0 aliphatic heterocycles. The summed E-state index contributed by atoms with van der Waals surface area (Å²) >= 11 is 7.75. The molecule has 2 aromatic rings. The molecule has 4 heteroatoms. The van der Waals surface area contributed by atoms with Gasteiger partial charge in [-0.3, -0.25) is 0 Å². The van der Waals surface area contributed by atoms with Crippen molar-refractivity contribution in [1.82, 2.24) is 5.32 Å². The third-order valence-corrected chi connectivity index (χ3v) is 3.26. The van der Waals surface area contributed by atoms with Gasteiger partial charge < -0.3 is 10.1 Å². The van der Waals surface area contributed by atoms with Crippen LogP contribution in [0.1, 0.15) is 5.56 Å². The zero-order valence-corrected chi connectivity index (χ0v) is 12.5. The SMILES string of the molecule is CNCc1cc(S)ccc1Oc1ccc(Br)cc1. The van der Waals surface area contributed by atoms with Crippen LogP contribution in [0.25, 0.3) is 0 Å². The van der Waals surface area contributed by atoms with Crippen molar-refractivity contribution in [3.05, 3.63) is 52.5 Å². The van der Waals surface area contributed by atoms with E-state index in [9.17, 15) is 0 Å². The normalized spacial score (nSPS) is 10.4. The predicted molar refractivity (Wildman–Crippen MR) is 80.7 cm³/mol. The second-order valence-electron chi connectivity index (χ2n) is 3.88. The Labute approximate surface area is 121 Å². The highest BCUT2D eigenvalue weighted by molar-refractivity contribution is 9.10. The molecule has 18 heavy (non-hydrogen) atoms. The molecule has 0 fully saturated rings. The van der Waals surface area contributed by atoms with Gasteiger partial charge in [-0.15, -0.1) is 12.6 Å². The molecule has 0 radical (unpaired) electrons. The summed E-state index contributed by atoms with van der Waals surface area (Å²) in [5.74, 6) is 1.67. The lowest BCUT2D eigenvalue weighted by Gasteiger charge is -2.11. The fraction of sp³-hybridized carbons (Fsp3) is 0.143. The minimum absolute atomic E-state index is 0.750. The van der Waals surface area contributed by atoms with Crippen molar-refractivity contribution in [3.8, 4) is 11.5 Å². The Kier molecular flexibility index (Phi) is 4.69. The lowest BCUT2D eigenvalue weighted by atomic mass is 10.2. The number of halogens is 1. The summed E-state index contributed by atoms with van der Waals surface area (Å²) < 4.78 is 6.92. The maximum absolute atomic E-state index is 5.88. The topological polar surface area (TPSA) is 21.3 Å². The van der Waals surface area contributed by atoms with Crippen LogP contribution in [0.4, 0.5) is 0 Å². The summed E-state index contributed by atoms with van der Waals surface area (Å²) in [6, 6.07) is 13.7. The number of rotatable bonds is 4. The van der Waals surface area contributed by atoms with Gasteiger partial charge in [-0.05, 0) is 49.5 Å². The Morgan fingerprint density at radius 3 is 2.56 bits per heavy atom. The van der Waals surface area contributed by atoms with Crippen LogP contribution in [0.3, 0.4) is 0 Å². The van der Waals surface area contributed by atoms with Gasteiger partial charge in [-0.2, -0.15) is 0 Å². The van der Waals surface area contributed by atoms with Gasteiger partial charge in [0.2, 0.25) is 0 Å². The smallest absolute Gasteiger partial charge is 0.131 e. The van der Waals surface area contributed by atoms with Crippen molar-refractivity contribution in [2.45, 2.75) is 11.4 Å². The average Bonchev–Trinajstić information content (AvgIpc) is 2.36. The zero-order valence-electron chi connectivity index (χ0n) is 9.98. The first kappa shape index (κ1) is 13.5. The van der Waals surface area contributed by atoms with Crippen molar-refractivity contribution < 1.29 is 4.74 Å². The Morgan fingerprint density at radius 1 is 1.17 bits per heavy atom. The molecule has 0 unspecified atom stereocenters. The third kappa shape index (κ3) is 3.51.